The molecule has 0 atom stereocenters. The van der Waals surface area contributed by atoms with Crippen LogP contribution in [0.25, 0.3) is 0 Å². The van der Waals surface area contributed by atoms with Gasteiger partial charge >= 0.3 is 0 Å². The molecule has 0 rings (SSSR count). The normalized spacial score (nSPS) is 11.8. The molecule has 0 amide bonds. The fraction of sp³-hybridized carbons (Fsp3) is 1.00. The molecule has 0 spiro atoms. The van der Waals surface area contributed by atoms with E-state index in [1.165, 1.54) is 0 Å². The first-order valence-corrected chi connectivity index (χ1v) is 13.3. The zero-order valence-corrected chi connectivity index (χ0v) is 21.8. The van der Waals surface area contributed by atoms with Crippen molar-refractivity contribution >= 4 is 0 Å². The Morgan fingerprint density at radius 2 is 0.588 bits per heavy atom. The molecule has 0 aliphatic heterocycles. The minimum Gasteiger partial charge on any atom is -0.329 e. The van der Waals surface area contributed by atoms with Crippen LogP contribution in [0.4, 0.5) is 0 Å². The molecule has 12 heteroatoms. The smallest absolute Gasteiger partial charge is 0.0110 e. The van der Waals surface area contributed by atoms with E-state index in [2.05, 4.69) is 41.7 Å². The molecule has 0 radical (unpaired) electrons. The van der Waals surface area contributed by atoms with E-state index in [1.54, 1.807) is 0 Å². The van der Waals surface area contributed by atoms with Crippen LogP contribution in [0.5, 0.6) is 0 Å². The maximum Gasteiger partial charge on any atom is 0.0110 e. The molecule has 0 fully saturated rings. The van der Waals surface area contributed by atoms with Gasteiger partial charge in [-0.25, -0.2) is 0 Å². The first-order chi connectivity index (χ1) is 16.8. The Morgan fingerprint density at radius 3 is 0.912 bits per heavy atom. The molecule has 0 saturated carbocycles. The van der Waals surface area contributed by atoms with Gasteiger partial charge in [0.1, 0.15) is 0 Å². The first kappa shape index (κ1) is 33.5. The molecule has 0 aromatic rings. The number of nitrogens with one attached hydrogen (secondary N) is 6. The van der Waals surface area contributed by atoms with Crippen LogP contribution >= 0.6 is 0 Å². The van der Waals surface area contributed by atoms with E-state index in [4.69, 9.17) is 22.9 Å². The second-order valence-corrected chi connectivity index (χ2v) is 8.34. The summed E-state index contributed by atoms with van der Waals surface area (Å²) in [4.78, 5) is 4.88. The summed E-state index contributed by atoms with van der Waals surface area (Å²) in [5, 5.41) is 20.6. The van der Waals surface area contributed by atoms with Crippen LogP contribution in [-0.2, 0) is 0 Å². The van der Waals surface area contributed by atoms with Gasteiger partial charge in [-0.1, -0.05) is 0 Å². The third kappa shape index (κ3) is 24.6. The predicted octanol–water partition coefficient (Wildman–Crippen LogP) is -5.04. The van der Waals surface area contributed by atoms with Crippen molar-refractivity contribution < 1.29 is 0 Å². The van der Waals surface area contributed by atoms with Crippen LogP contribution in [0.1, 0.15) is 0 Å². The van der Waals surface area contributed by atoms with E-state index in [1.807, 2.05) is 0 Å². The average Bonchev–Trinajstić information content (AvgIpc) is 2.84. The van der Waals surface area contributed by atoms with E-state index in [-0.39, 0.29) is 0 Å². The minimum absolute atomic E-state index is 0.673. The van der Waals surface area contributed by atoms with Gasteiger partial charge in [-0.3, -0.25) is 9.80 Å². The predicted molar refractivity (Wildman–Crippen MR) is 146 cm³/mol. The Labute approximate surface area is 209 Å². The molecule has 206 valence electrons. The lowest BCUT2D eigenvalue weighted by Crippen LogP contribution is -2.44. The largest absolute Gasteiger partial charge is 0.329 e. The highest BCUT2D eigenvalue weighted by molar-refractivity contribution is 4.68. The molecular weight excluding hydrogens is 432 g/mol. The topological polar surface area (TPSA) is 183 Å². The molecule has 0 saturated heterocycles. The number of hydrogen-bond donors (Lipinski definition) is 10. The van der Waals surface area contributed by atoms with Crippen LogP contribution in [0.3, 0.4) is 0 Å². The average molecular weight is 491 g/mol. The van der Waals surface area contributed by atoms with E-state index in [0.29, 0.717) is 26.2 Å². The van der Waals surface area contributed by atoms with Gasteiger partial charge in [0.25, 0.3) is 0 Å². The highest BCUT2D eigenvalue weighted by atomic mass is 15.2. The van der Waals surface area contributed by atoms with E-state index < -0.39 is 0 Å². The lowest BCUT2D eigenvalue weighted by molar-refractivity contribution is 0.209. The number of rotatable bonds is 29. The van der Waals surface area contributed by atoms with Gasteiger partial charge in [0.05, 0.1) is 0 Å². The Morgan fingerprint density at radius 1 is 0.294 bits per heavy atom. The summed E-state index contributed by atoms with van der Waals surface area (Å²) in [7, 11) is 0. The summed E-state index contributed by atoms with van der Waals surface area (Å²) >= 11 is 0. The molecule has 0 unspecified atom stereocenters. The molecule has 0 aromatic carbocycles. The second-order valence-electron chi connectivity index (χ2n) is 8.34. The van der Waals surface area contributed by atoms with E-state index >= 15 is 0 Å². The quantitative estimate of drug-likeness (QED) is 0.0451. The number of nitrogens with zero attached hydrogens (tertiary/aromatic N) is 2. The van der Waals surface area contributed by atoms with Crippen LogP contribution in [0, 0.1) is 0 Å². The van der Waals surface area contributed by atoms with E-state index in [9.17, 15) is 0 Å². The lowest BCUT2D eigenvalue weighted by atomic mass is 10.3. The molecule has 0 aliphatic rings. The Kier molecular flexibility index (Phi) is 28.3. The summed E-state index contributed by atoms with van der Waals surface area (Å²) in [5.74, 6) is 0. The van der Waals surface area contributed by atoms with Crippen molar-refractivity contribution in [1.82, 2.24) is 41.7 Å². The fourth-order valence-corrected chi connectivity index (χ4v) is 3.45. The lowest BCUT2D eigenvalue weighted by Gasteiger charge is -2.27. The third-order valence-electron chi connectivity index (χ3n) is 5.39. The van der Waals surface area contributed by atoms with Crippen molar-refractivity contribution in [3.63, 3.8) is 0 Å². The highest BCUT2D eigenvalue weighted by Gasteiger charge is 2.08. The Balaban J connectivity index is 4.01. The zero-order chi connectivity index (χ0) is 25.0. The molecule has 34 heavy (non-hydrogen) atoms. The maximum absolute atomic E-state index is 5.76. The van der Waals surface area contributed by atoms with Crippen molar-refractivity contribution in [2.45, 2.75) is 0 Å². The number of nitrogens with two attached hydrogens (primary N) is 4. The van der Waals surface area contributed by atoms with Gasteiger partial charge in [-0.05, 0) is 0 Å². The van der Waals surface area contributed by atoms with Crippen LogP contribution in [0.2, 0.25) is 0 Å². The van der Waals surface area contributed by atoms with Crippen molar-refractivity contribution in [3.05, 3.63) is 0 Å². The van der Waals surface area contributed by atoms with Gasteiger partial charge in [0, 0.05) is 144 Å². The monoisotopic (exact) mass is 490 g/mol. The van der Waals surface area contributed by atoms with Crippen LogP contribution in [-0.4, -0.2) is 154 Å². The van der Waals surface area contributed by atoms with Crippen molar-refractivity contribution in [1.29, 1.82) is 0 Å². The Hall–Kier alpha value is -0.480. The zero-order valence-electron chi connectivity index (χ0n) is 21.8. The van der Waals surface area contributed by atoms with Gasteiger partial charge in [-0.2, -0.15) is 0 Å². The Bertz CT molecular complexity index is 348. The van der Waals surface area contributed by atoms with Gasteiger partial charge < -0.3 is 54.8 Å². The van der Waals surface area contributed by atoms with Gasteiger partial charge in [0.15, 0.2) is 0 Å². The molecule has 0 aliphatic carbocycles. The molecule has 14 N–H and O–H groups in total. The first-order valence-electron chi connectivity index (χ1n) is 13.3. The standard InChI is InChI=1S/C22H58N12/c23-1-5-27-7-9-29-11-13-31-15-19-34(22-21-33(17-3-25)18-4-26)20-16-32-14-12-30-10-8-28-6-2-24/h27-32H,1-26H2. The maximum atomic E-state index is 5.76. The molecule has 0 aromatic heterocycles. The molecular formula is C22H58N12. The number of hydrogen-bond acceptors (Lipinski definition) is 12. The molecule has 0 bridgehead atoms. The summed E-state index contributed by atoms with van der Waals surface area (Å²) in [6, 6.07) is 0. The van der Waals surface area contributed by atoms with Gasteiger partial charge in [-0.15, -0.1) is 0 Å². The third-order valence-corrected chi connectivity index (χ3v) is 5.39. The molecule has 0 heterocycles. The van der Waals surface area contributed by atoms with Crippen molar-refractivity contribution in [2.24, 2.45) is 22.9 Å². The minimum atomic E-state index is 0.673. The summed E-state index contributed by atoms with van der Waals surface area (Å²) in [6.07, 6.45) is 0. The summed E-state index contributed by atoms with van der Waals surface area (Å²) < 4.78 is 0. The van der Waals surface area contributed by atoms with Crippen LogP contribution in [0.15, 0.2) is 0 Å². The van der Waals surface area contributed by atoms with Crippen LogP contribution < -0.4 is 54.8 Å². The van der Waals surface area contributed by atoms with E-state index in [0.717, 1.165) is 118 Å². The molecule has 12 nitrogen and oxygen atoms in total. The second kappa shape index (κ2) is 28.8. The summed E-state index contributed by atoms with van der Waals surface area (Å²) in [6.45, 7) is 20.1. The van der Waals surface area contributed by atoms with Crippen molar-refractivity contribution in [2.75, 3.05) is 144 Å². The van der Waals surface area contributed by atoms with Gasteiger partial charge in [0.2, 0.25) is 0 Å². The highest BCUT2D eigenvalue weighted by Crippen LogP contribution is 1.92. The SMILES string of the molecule is NCCNCCNCCNCCN(CCNCCNCCNCCN)CCN(CCN)CCN. The summed E-state index contributed by atoms with van der Waals surface area (Å²) in [5.41, 5.74) is 22.5. The fourth-order valence-electron chi connectivity index (χ4n) is 3.45. The van der Waals surface area contributed by atoms with Crippen molar-refractivity contribution in [3.8, 4) is 0 Å².